The lowest BCUT2D eigenvalue weighted by Gasteiger charge is -1.44. The van der Waals surface area contributed by atoms with E-state index in [0.717, 1.165) is 6.08 Å². The van der Waals surface area contributed by atoms with E-state index >= 15 is 0 Å². The first-order chi connectivity index (χ1) is 2.41. The predicted molar refractivity (Wildman–Crippen MR) is 15.9 cm³/mol. The van der Waals surface area contributed by atoms with Crippen LogP contribution in [-0.4, -0.2) is 0 Å². The molecule has 0 unspecified atom stereocenters. The number of hydrogen-bond donors (Lipinski definition) is 0. The molecule has 0 N–H and O–H groups in total. The maximum Gasteiger partial charge on any atom is 0.0971 e. The lowest BCUT2D eigenvalue weighted by Crippen LogP contribution is -1.32. The summed E-state index contributed by atoms with van der Waals surface area (Å²) in [4.78, 5) is 0. The van der Waals surface area contributed by atoms with E-state index in [1.165, 1.54) is 6.07 Å². The first kappa shape index (κ1) is 4.16. The van der Waals surface area contributed by atoms with Crippen LogP contribution in [0.2, 0.25) is 0 Å². The van der Waals surface area contributed by atoms with Gasteiger partial charge >= 0.3 is 0 Å². The minimum absolute atomic E-state index is 0.194. The van der Waals surface area contributed by atoms with Crippen LogP contribution in [0.15, 0.2) is 12.4 Å². The van der Waals surface area contributed by atoms with Crippen molar-refractivity contribution in [2.45, 2.75) is 0 Å². The Morgan fingerprint density at radius 1 is 1.80 bits per heavy atom. The van der Waals surface area contributed by atoms with Gasteiger partial charge in [0.15, 0.2) is 0 Å². The van der Waals surface area contributed by atoms with Gasteiger partial charge in [-0.3, -0.25) is 0 Å². The molecule has 2 heteroatoms. The van der Waals surface area contributed by atoms with Crippen molar-refractivity contribution in [1.29, 1.82) is 5.26 Å². The molecule has 0 radical (unpaired) electrons. The average Bonchev–Trinajstić information content (AvgIpc) is 1.41. The third-order valence-corrected chi connectivity index (χ3v) is 0.138. The van der Waals surface area contributed by atoms with E-state index < -0.39 is 0 Å². The summed E-state index contributed by atoms with van der Waals surface area (Å²) in [6, 6.07) is 1.46. The largest absolute Gasteiger partial charge is 0.215 e. The van der Waals surface area contributed by atoms with Crippen molar-refractivity contribution < 1.29 is 4.39 Å². The molecule has 0 rings (SSSR count). The van der Waals surface area contributed by atoms with Gasteiger partial charge in [-0.1, -0.05) is 0 Å². The van der Waals surface area contributed by atoms with Gasteiger partial charge in [0.2, 0.25) is 0 Å². The Morgan fingerprint density at radius 2 is 2.40 bits per heavy atom. The maximum absolute atomic E-state index is 10.6. The quantitative estimate of drug-likeness (QED) is 0.391. The van der Waals surface area contributed by atoms with Gasteiger partial charge in [-0.15, -0.1) is 0 Å². The van der Waals surface area contributed by atoms with Crippen molar-refractivity contribution in [2.75, 3.05) is 0 Å². The first-order valence-corrected chi connectivity index (χ1v) is 1.06. The topological polar surface area (TPSA) is 23.8 Å². The second-order valence-electron chi connectivity index (χ2n) is 0.422. The third-order valence-electron chi connectivity index (χ3n) is 0.138. The Balaban J connectivity index is 3.04. The van der Waals surface area contributed by atoms with Crippen LogP contribution in [0.25, 0.3) is 0 Å². The number of nitriles is 1. The number of allylic oxidation sites excluding steroid dienone is 1. The fourth-order valence-corrected chi connectivity index (χ4v) is 0.0282. The zero-order valence-electron chi connectivity index (χ0n) is 2.48. The van der Waals surface area contributed by atoms with Crippen molar-refractivity contribution in [3.05, 3.63) is 12.4 Å². The zero-order valence-corrected chi connectivity index (χ0v) is 2.48. The number of halogens is 1. The van der Waals surface area contributed by atoms with Crippen molar-refractivity contribution in [2.24, 2.45) is 0 Å². The summed E-state index contributed by atoms with van der Waals surface area (Å²) in [6.07, 6.45) is 0.958. The normalized spacial score (nSPS) is 8.00. The molecule has 0 aliphatic heterocycles. The molecule has 0 aliphatic carbocycles. The molecule has 0 aromatic heterocycles. The third kappa shape index (κ3) is 3.16. The molecule has 0 saturated carbocycles. The fourth-order valence-electron chi connectivity index (χ4n) is 0.0282. The van der Waals surface area contributed by atoms with Gasteiger partial charge in [0.1, 0.15) is 0 Å². The highest BCUT2D eigenvalue weighted by molar-refractivity contribution is 4.96. The van der Waals surface area contributed by atoms with E-state index in [-0.39, 0.29) is 6.33 Å². The zero-order chi connectivity index (χ0) is 4.12. The van der Waals surface area contributed by atoms with Crippen molar-refractivity contribution in [1.82, 2.24) is 0 Å². The molecule has 1 nitrogen and oxygen atoms in total. The number of rotatable bonds is 0. The number of nitrogens with zero attached hydrogens (tertiary/aromatic N) is 1. The molecular formula is C3H2FN. The van der Waals surface area contributed by atoms with Gasteiger partial charge in [-0.25, -0.2) is 4.39 Å². The molecule has 26 valence electrons. The Labute approximate surface area is 29.3 Å². The van der Waals surface area contributed by atoms with Gasteiger partial charge < -0.3 is 0 Å². The molecule has 0 bridgehead atoms. The molecule has 0 atom stereocenters. The van der Waals surface area contributed by atoms with Crippen LogP contribution in [0.4, 0.5) is 4.39 Å². The van der Waals surface area contributed by atoms with Gasteiger partial charge in [0.25, 0.3) is 0 Å². The molecule has 0 heterocycles. The van der Waals surface area contributed by atoms with Crippen LogP contribution >= 0.6 is 0 Å². The molecule has 0 fully saturated rings. The second kappa shape index (κ2) is 3.16. The van der Waals surface area contributed by atoms with Crippen LogP contribution in [0.5, 0.6) is 0 Å². The second-order valence-corrected chi connectivity index (χ2v) is 0.422. The Hall–Kier alpha value is -0.840. The molecule has 0 aromatic carbocycles. The molecular weight excluding hydrogens is 69.0 g/mol. The minimum Gasteiger partial charge on any atom is -0.215 e. The molecule has 0 aliphatic rings. The van der Waals surface area contributed by atoms with E-state index in [4.69, 9.17) is 5.26 Å². The van der Waals surface area contributed by atoms with E-state index in [0.29, 0.717) is 0 Å². The van der Waals surface area contributed by atoms with Crippen LogP contribution < -0.4 is 0 Å². The summed E-state index contributed by atoms with van der Waals surface area (Å²) >= 11 is 0. The maximum atomic E-state index is 10.6. The van der Waals surface area contributed by atoms with Gasteiger partial charge in [-0.2, -0.15) is 5.26 Å². The van der Waals surface area contributed by atoms with Crippen molar-refractivity contribution in [3.63, 3.8) is 0 Å². The SMILES string of the molecule is N#C/C=C\F. The van der Waals surface area contributed by atoms with E-state index in [1.807, 2.05) is 0 Å². The number of hydrogen-bond acceptors (Lipinski definition) is 1. The lowest BCUT2D eigenvalue weighted by atomic mass is 10.7. The highest BCUT2D eigenvalue weighted by Gasteiger charge is 1.49. The Bertz CT molecular complexity index is 69.5. The molecule has 0 aromatic rings. The summed E-state index contributed by atoms with van der Waals surface area (Å²) in [5.41, 5.74) is 0. The Morgan fingerprint density at radius 3 is 2.40 bits per heavy atom. The molecule has 5 heavy (non-hydrogen) atoms. The minimum atomic E-state index is 0.194. The van der Waals surface area contributed by atoms with Gasteiger partial charge in [-0.05, 0) is 0 Å². The molecule has 0 spiro atoms. The fraction of sp³-hybridized carbons (Fsp3) is 0. The van der Waals surface area contributed by atoms with Crippen LogP contribution in [-0.2, 0) is 0 Å². The highest BCUT2D eigenvalue weighted by Crippen LogP contribution is 1.63. The lowest BCUT2D eigenvalue weighted by molar-refractivity contribution is 0.722. The molecule has 0 amide bonds. The first-order valence-electron chi connectivity index (χ1n) is 1.06. The van der Waals surface area contributed by atoms with Crippen LogP contribution in [0.1, 0.15) is 0 Å². The van der Waals surface area contributed by atoms with Crippen LogP contribution in [0, 0.1) is 11.3 Å². The summed E-state index contributed by atoms with van der Waals surface area (Å²) in [7, 11) is 0. The van der Waals surface area contributed by atoms with Gasteiger partial charge in [0, 0.05) is 6.08 Å². The smallest absolute Gasteiger partial charge is 0.0971 e. The molecule has 0 saturated heterocycles. The summed E-state index contributed by atoms with van der Waals surface area (Å²) in [6.45, 7) is 0. The summed E-state index contributed by atoms with van der Waals surface area (Å²) < 4.78 is 10.6. The van der Waals surface area contributed by atoms with Crippen molar-refractivity contribution >= 4 is 0 Å². The van der Waals surface area contributed by atoms with Crippen LogP contribution in [0.3, 0.4) is 0 Å². The Kier molecular flexibility index (Phi) is 2.63. The summed E-state index contributed by atoms with van der Waals surface area (Å²) in [5.74, 6) is 0. The monoisotopic (exact) mass is 71.0 g/mol. The predicted octanol–water partition coefficient (Wildman–Crippen LogP) is 0.993. The standard InChI is InChI=1S/C3H2FN/c4-2-1-3-5/h1-2H/b2-1-. The van der Waals surface area contributed by atoms with E-state index in [2.05, 4.69) is 0 Å². The van der Waals surface area contributed by atoms with Gasteiger partial charge in [0.05, 0.1) is 12.4 Å². The average molecular weight is 71.1 g/mol. The van der Waals surface area contributed by atoms with E-state index in [1.54, 1.807) is 0 Å². The summed E-state index contributed by atoms with van der Waals surface area (Å²) in [5, 5.41) is 7.49. The highest BCUT2D eigenvalue weighted by atomic mass is 19.1. The van der Waals surface area contributed by atoms with Crippen molar-refractivity contribution in [3.8, 4) is 6.07 Å². The van der Waals surface area contributed by atoms with E-state index in [9.17, 15) is 4.39 Å².